The van der Waals surface area contributed by atoms with Gasteiger partial charge >= 0.3 is 0 Å². The maximum Gasteiger partial charge on any atom is 0.230 e. The summed E-state index contributed by atoms with van der Waals surface area (Å²) in [6, 6.07) is 7.21. The summed E-state index contributed by atoms with van der Waals surface area (Å²) in [5.74, 6) is 1.06. The molecule has 1 aromatic carbocycles. The molecule has 1 aliphatic rings. The maximum atomic E-state index is 11.9. The van der Waals surface area contributed by atoms with Crippen LogP contribution >= 0.6 is 0 Å². The average Bonchev–Trinajstić information content (AvgIpc) is 2.91. The molecule has 0 saturated heterocycles. The fourth-order valence-corrected chi connectivity index (χ4v) is 2.31. The van der Waals surface area contributed by atoms with E-state index in [1.807, 2.05) is 18.2 Å². The standard InChI is InChI=1S/C16H18N2O4/c1-16(2,20)14-9-11(17-22-14)10-4-5-13-12(8-10)18(3)15(19)6-7-21-13/h4-5,8-9,20H,6-7H2,1-3H3. The second-order valence-corrected chi connectivity index (χ2v) is 5.87. The number of ether oxygens (including phenoxy) is 1. The van der Waals surface area contributed by atoms with Gasteiger partial charge in [0.25, 0.3) is 0 Å². The third-order valence-electron chi connectivity index (χ3n) is 3.68. The second kappa shape index (κ2) is 5.14. The van der Waals surface area contributed by atoms with E-state index in [-0.39, 0.29) is 5.91 Å². The molecule has 3 rings (SSSR count). The monoisotopic (exact) mass is 302 g/mol. The summed E-state index contributed by atoms with van der Waals surface area (Å²) in [4.78, 5) is 13.5. The Morgan fingerprint density at radius 2 is 2.09 bits per heavy atom. The van der Waals surface area contributed by atoms with Crippen molar-refractivity contribution < 1.29 is 19.2 Å². The van der Waals surface area contributed by atoms with Gasteiger partial charge in [-0.1, -0.05) is 5.16 Å². The molecule has 6 heteroatoms. The number of hydrogen-bond acceptors (Lipinski definition) is 5. The molecule has 0 spiro atoms. The highest BCUT2D eigenvalue weighted by Gasteiger charge is 2.24. The Morgan fingerprint density at radius 1 is 1.32 bits per heavy atom. The minimum atomic E-state index is -1.09. The van der Waals surface area contributed by atoms with Crippen molar-refractivity contribution in [2.24, 2.45) is 0 Å². The van der Waals surface area contributed by atoms with Gasteiger partial charge in [-0.3, -0.25) is 4.79 Å². The molecular formula is C16H18N2O4. The molecule has 0 atom stereocenters. The zero-order valence-electron chi connectivity index (χ0n) is 12.8. The summed E-state index contributed by atoms with van der Waals surface area (Å²) >= 11 is 0. The Balaban J connectivity index is 2.01. The van der Waals surface area contributed by atoms with Crippen LogP contribution in [0.25, 0.3) is 11.3 Å². The highest BCUT2D eigenvalue weighted by Crippen LogP contribution is 2.35. The van der Waals surface area contributed by atoms with Gasteiger partial charge in [-0.25, -0.2) is 0 Å². The molecule has 0 aliphatic carbocycles. The Labute approximate surface area is 128 Å². The first-order valence-corrected chi connectivity index (χ1v) is 7.09. The van der Waals surface area contributed by atoms with Crippen LogP contribution in [-0.2, 0) is 10.4 Å². The molecule has 116 valence electrons. The molecule has 0 radical (unpaired) electrons. The lowest BCUT2D eigenvalue weighted by Gasteiger charge is -2.16. The van der Waals surface area contributed by atoms with Crippen LogP contribution in [0, 0.1) is 0 Å². The largest absolute Gasteiger partial charge is 0.491 e. The quantitative estimate of drug-likeness (QED) is 0.921. The van der Waals surface area contributed by atoms with Crippen LogP contribution in [-0.4, -0.2) is 29.8 Å². The van der Waals surface area contributed by atoms with E-state index < -0.39 is 5.60 Å². The van der Waals surface area contributed by atoms with Crippen molar-refractivity contribution in [3.8, 4) is 17.0 Å². The molecule has 1 aliphatic heterocycles. The third kappa shape index (κ3) is 2.57. The topological polar surface area (TPSA) is 75.8 Å². The fourth-order valence-electron chi connectivity index (χ4n) is 2.31. The van der Waals surface area contributed by atoms with Gasteiger partial charge in [-0.2, -0.15) is 0 Å². The summed E-state index contributed by atoms with van der Waals surface area (Å²) in [6.45, 7) is 3.64. The Morgan fingerprint density at radius 3 is 2.77 bits per heavy atom. The van der Waals surface area contributed by atoms with Gasteiger partial charge in [0.1, 0.15) is 17.0 Å². The number of carbonyl (C=O) groups is 1. The SMILES string of the molecule is CN1C(=O)CCOc2ccc(-c3cc(C(C)(C)O)on3)cc21. The van der Waals surface area contributed by atoms with E-state index in [1.54, 1.807) is 31.9 Å². The molecule has 2 heterocycles. The van der Waals surface area contributed by atoms with Crippen LogP contribution in [0.2, 0.25) is 0 Å². The number of carbonyl (C=O) groups excluding carboxylic acids is 1. The summed E-state index contributed by atoms with van der Waals surface area (Å²) in [5.41, 5.74) is 1.01. The Hall–Kier alpha value is -2.34. The van der Waals surface area contributed by atoms with Gasteiger partial charge in [0.05, 0.1) is 18.7 Å². The number of rotatable bonds is 2. The van der Waals surface area contributed by atoms with Crippen LogP contribution in [0.15, 0.2) is 28.8 Å². The minimum absolute atomic E-state index is 0.00762. The van der Waals surface area contributed by atoms with Crippen molar-refractivity contribution in [1.29, 1.82) is 0 Å². The Kier molecular flexibility index (Phi) is 3.41. The fraction of sp³-hybridized carbons (Fsp3) is 0.375. The highest BCUT2D eigenvalue weighted by molar-refractivity contribution is 5.95. The lowest BCUT2D eigenvalue weighted by atomic mass is 10.0. The van der Waals surface area contributed by atoms with Gasteiger partial charge in [0.15, 0.2) is 5.76 Å². The van der Waals surface area contributed by atoms with E-state index in [0.29, 0.717) is 35.9 Å². The first-order valence-electron chi connectivity index (χ1n) is 7.09. The van der Waals surface area contributed by atoms with E-state index >= 15 is 0 Å². The molecule has 0 fully saturated rings. The number of amides is 1. The highest BCUT2D eigenvalue weighted by atomic mass is 16.5. The van der Waals surface area contributed by atoms with Gasteiger partial charge < -0.3 is 19.3 Å². The molecule has 1 N–H and O–H groups in total. The zero-order valence-corrected chi connectivity index (χ0v) is 12.8. The molecule has 0 saturated carbocycles. The number of benzene rings is 1. The predicted octanol–water partition coefficient (Wildman–Crippen LogP) is 2.31. The van der Waals surface area contributed by atoms with E-state index in [1.165, 1.54) is 0 Å². The molecule has 0 bridgehead atoms. The number of nitrogens with zero attached hydrogens (tertiary/aromatic N) is 2. The van der Waals surface area contributed by atoms with Gasteiger partial charge in [-0.05, 0) is 32.0 Å². The number of aromatic nitrogens is 1. The smallest absolute Gasteiger partial charge is 0.230 e. The number of fused-ring (bicyclic) bond motifs is 1. The average molecular weight is 302 g/mol. The van der Waals surface area contributed by atoms with Gasteiger partial charge in [0, 0.05) is 18.7 Å². The van der Waals surface area contributed by atoms with Crippen molar-refractivity contribution in [2.45, 2.75) is 25.9 Å². The van der Waals surface area contributed by atoms with E-state index in [4.69, 9.17) is 9.26 Å². The minimum Gasteiger partial charge on any atom is -0.491 e. The third-order valence-corrected chi connectivity index (χ3v) is 3.68. The molecule has 0 unspecified atom stereocenters. The first-order chi connectivity index (χ1) is 10.4. The lowest BCUT2D eigenvalue weighted by molar-refractivity contribution is -0.118. The summed E-state index contributed by atoms with van der Waals surface area (Å²) in [5, 5.41) is 13.9. The first kappa shape index (κ1) is 14.6. The number of anilines is 1. The van der Waals surface area contributed by atoms with Crippen LogP contribution in [0.3, 0.4) is 0 Å². The molecule has 22 heavy (non-hydrogen) atoms. The van der Waals surface area contributed by atoms with Crippen molar-refractivity contribution in [1.82, 2.24) is 5.16 Å². The van der Waals surface area contributed by atoms with Crippen LogP contribution < -0.4 is 9.64 Å². The number of hydrogen-bond donors (Lipinski definition) is 1. The van der Waals surface area contributed by atoms with Gasteiger partial charge in [0.2, 0.25) is 5.91 Å². The molecule has 6 nitrogen and oxygen atoms in total. The summed E-state index contributed by atoms with van der Waals surface area (Å²) in [6.07, 6.45) is 0.354. The molecule has 1 aromatic heterocycles. The van der Waals surface area contributed by atoms with Crippen LogP contribution in [0.1, 0.15) is 26.0 Å². The Bertz CT molecular complexity index is 715. The van der Waals surface area contributed by atoms with Gasteiger partial charge in [-0.15, -0.1) is 0 Å². The second-order valence-electron chi connectivity index (χ2n) is 5.87. The molecular weight excluding hydrogens is 284 g/mol. The van der Waals surface area contributed by atoms with Crippen LogP contribution in [0.5, 0.6) is 5.75 Å². The maximum absolute atomic E-state index is 11.9. The summed E-state index contributed by atoms with van der Waals surface area (Å²) < 4.78 is 10.8. The lowest BCUT2D eigenvalue weighted by Crippen LogP contribution is -2.25. The summed E-state index contributed by atoms with van der Waals surface area (Å²) in [7, 11) is 1.73. The molecule has 1 amide bonds. The van der Waals surface area contributed by atoms with Crippen LogP contribution in [0.4, 0.5) is 5.69 Å². The van der Waals surface area contributed by atoms with E-state index in [0.717, 1.165) is 5.56 Å². The van der Waals surface area contributed by atoms with Crippen molar-refractivity contribution in [2.75, 3.05) is 18.6 Å². The predicted molar refractivity (Wildman–Crippen MR) is 80.7 cm³/mol. The van der Waals surface area contributed by atoms with Crippen molar-refractivity contribution >= 4 is 11.6 Å². The van der Waals surface area contributed by atoms with E-state index in [2.05, 4.69) is 5.16 Å². The molecule has 2 aromatic rings. The van der Waals surface area contributed by atoms with E-state index in [9.17, 15) is 9.90 Å². The number of aliphatic hydroxyl groups is 1. The normalized spacial score (nSPS) is 15.3. The zero-order chi connectivity index (χ0) is 15.9. The van der Waals surface area contributed by atoms with Crippen molar-refractivity contribution in [3.63, 3.8) is 0 Å². The van der Waals surface area contributed by atoms with Crippen molar-refractivity contribution in [3.05, 3.63) is 30.0 Å².